The fourth-order valence-electron chi connectivity index (χ4n) is 7.60. The summed E-state index contributed by atoms with van der Waals surface area (Å²) in [6.07, 6.45) is 0. The molecule has 0 bridgehead atoms. The Morgan fingerprint density at radius 3 is 1.81 bits per heavy atom. The zero-order chi connectivity index (χ0) is 34.2. The molecule has 0 aliphatic carbocycles. The van der Waals surface area contributed by atoms with Gasteiger partial charge in [0.25, 0.3) is 0 Å². The summed E-state index contributed by atoms with van der Waals surface area (Å²) in [6, 6.07) is 56.3. The summed E-state index contributed by atoms with van der Waals surface area (Å²) in [4.78, 5) is 15.5. The summed E-state index contributed by atoms with van der Waals surface area (Å²) < 4.78 is 12.7. The molecule has 0 amide bonds. The lowest BCUT2D eigenvalue weighted by atomic mass is 10.0. The molecule has 0 saturated carbocycles. The molecule has 0 saturated heterocycles. The van der Waals surface area contributed by atoms with Crippen molar-refractivity contribution in [3.63, 3.8) is 0 Å². The maximum absolute atomic E-state index is 6.48. The van der Waals surface area contributed by atoms with E-state index in [2.05, 4.69) is 133 Å². The Morgan fingerprint density at radius 2 is 0.923 bits per heavy atom. The van der Waals surface area contributed by atoms with Crippen LogP contribution in [-0.2, 0) is 0 Å². The first-order valence-electron chi connectivity index (χ1n) is 17.3. The number of rotatable bonds is 4. The monoisotopic (exact) mass is 665 g/mol. The Hall–Kier alpha value is -7.11. The second-order valence-corrected chi connectivity index (χ2v) is 13.2. The molecule has 5 nitrogen and oxygen atoms in total. The summed E-state index contributed by atoms with van der Waals surface area (Å²) in [5, 5.41) is 8.71. The highest BCUT2D eigenvalue weighted by molar-refractivity contribution is 6.19. The lowest BCUT2D eigenvalue weighted by Gasteiger charge is -2.11. The summed E-state index contributed by atoms with van der Waals surface area (Å²) in [7, 11) is 0. The van der Waals surface area contributed by atoms with Crippen LogP contribution in [0.2, 0.25) is 0 Å². The fourth-order valence-corrected chi connectivity index (χ4v) is 7.60. The number of furan rings is 2. The lowest BCUT2D eigenvalue weighted by molar-refractivity contribution is 0.669. The minimum atomic E-state index is 0.588. The van der Waals surface area contributed by atoms with Gasteiger partial charge in [0.15, 0.2) is 17.5 Å². The van der Waals surface area contributed by atoms with E-state index in [0.29, 0.717) is 17.5 Å². The van der Waals surface area contributed by atoms with Gasteiger partial charge in [0.2, 0.25) is 0 Å². The van der Waals surface area contributed by atoms with Crippen molar-refractivity contribution in [3.05, 3.63) is 164 Å². The average molecular weight is 666 g/mol. The van der Waals surface area contributed by atoms with Gasteiger partial charge in [-0.15, -0.1) is 0 Å². The van der Waals surface area contributed by atoms with Crippen molar-refractivity contribution in [3.8, 4) is 45.3 Å². The van der Waals surface area contributed by atoms with E-state index >= 15 is 0 Å². The number of hydrogen-bond donors (Lipinski definition) is 0. The first kappa shape index (κ1) is 28.7. The molecule has 11 rings (SSSR count). The van der Waals surface area contributed by atoms with Crippen LogP contribution in [0.5, 0.6) is 0 Å². The van der Waals surface area contributed by atoms with Crippen molar-refractivity contribution < 1.29 is 8.83 Å². The Morgan fingerprint density at radius 1 is 0.308 bits per heavy atom. The van der Waals surface area contributed by atoms with Crippen LogP contribution in [0.1, 0.15) is 0 Å². The third kappa shape index (κ3) is 4.53. The molecular weight excluding hydrogens is 639 g/mol. The van der Waals surface area contributed by atoms with Gasteiger partial charge in [-0.1, -0.05) is 121 Å². The van der Waals surface area contributed by atoms with Crippen molar-refractivity contribution in [2.75, 3.05) is 0 Å². The van der Waals surface area contributed by atoms with Crippen LogP contribution in [-0.4, -0.2) is 15.0 Å². The number of aromatic nitrogens is 3. The largest absolute Gasteiger partial charge is 0.456 e. The van der Waals surface area contributed by atoms with Gasteiger partial charge in [0.05, 0.1) is 0 Å². The van der Waals surface area contributed by atoms with E-state index in [1.807, 2.05) is 30.3 Å². The first-order chi connectivity index (χ1) is 25.7. The molecule has 0 spiro atoms. The molecule has 0 radical (unpaired) electrons. The third-order valence-electron chi connectivity index (χ3n) is 10.1. The Balaban J connectivity index is 1.13. The minimum absolute atomic E-state index is 0.588. The molecule has 3 aromatic heterocycles. The van der Waals surface area contributed by atoms with Gasteiger partial charge in [0, 0.05) is 38.2 Å². The SMILES string of the molecule is c1ccc(-c2ccc3c(c2)oc2cccc(-c4nc(-c5ccc6ccccc6c5)nc(-c5ccc6c(ccc7oc8ccccc8c76)c5)n4)c23)cc1. The van der Waals surface area contributed by atoms with E-state index in [1.54, 1.807) is 0 Å². The van der Waals surface area contributed by atoms with Crippen LogP contribution in [0, 0.1) is 0 Å². The number of benzene rings is 8. The van der Waals surface area contributed by atoms with Crippen LogP contribution in [0.3, 0.4) is 0 Å². The van der Waals surface area contributed by atoms with Crippen LogP contribution >= 0.6 is 0 Å². The fraction of sp³-hybridized carbons (Fsp3) is 0. The Kier molecular flexibility index (Phi) is 6.18. The van der Waals surface area contributed by atoms with E-state index < -0.39 is 0 Å². The molecule has 0 fully saturated rings. The van der Waals surface area contributed by atoms with Crippen LogP contribution in [0.4, 0.5) is 0 Å². The van der Waals surface area contributed by atoms with Crippen molar-refractivity contribution >= 4 is 65.4 Å². The predicted molar refractivity (Wildman–Crippen MR) is 211 cm³/mol. The zero-order valence-electron chi connectivity index (χ0n) is 27.7. The van der Waals surface area contributed by atoms with Gasteiger partial charge in [-0.3, -0.25) is 0 Å². The molecule has 52 heavy (non-hydrogen) atoms. The smallest absolute Gasteiger partial charge is 0.164 e. The van der Waals surface area contributed by atoms with Gasteiger partial charge in [-0.05, 0) is 75.1 Å². The third-order valence-corrected chi connectivity index (χ3v) is 10.1. The van der Waals surface area contributed by atoms with E-state index in [0.717, 1.165) is 93.2 Å². The number of nitrogens with zero attached hydrogens (tertiary/aromatic N) is 3. The van der Waals surface area contributed by atoms with E-state index in [-0.39, 0.29) is 0 Å². The normalized spacial score (nSPS) is 11.8. The molecule has 0 N–H and O–H groups in total. The maximum Gasteiger partial charge on any atom is 0.164 e. The molecular formula is C47H27N3O2. The van der Waals surface area contributed by atoms with Crippen molar-refractivity contribution in [1.29, 1.82) is 0 Å². The number of para-hydroxylation sites is 1. The van der Waals surface area contributed by atoms with Crippen LogP contribution in [0.25, 0.3) is 111 Å². The molecule has 5 heteroatoms. The molecule has 8 aromatic carbocycles. The van der Waals surface area contributed by atoms with Crippen LogP contribution < -0.4 is 0 Å². The quantitative estimate of drug-likeness (QED) is 0.187. The molecule has 0 aliphatic rings. The molecule has 11 aromatic rings. The Bertz CT molecular complexity index is 3190. The highest BCUT2D eigenvalue weighted by atomic mass is 16.3. The number of hydrogen-bond acceptors (Lipinski definition) is 5. The Labute approximate surface area is 297 Å². The maximum atomic E-state index is 6.48. The molecule has 0 unspecified atom stereocenters. The second-order valence-electron chi connectivity index (χ2n) is 13.2. The molecule has 242 valence electrons. The molecule has 3 heterocycles. The predicted octanol–water partition coefficient (Wildman–Crippen LogP) is 12.6. The average Bonchev–Trinajstić information content (AvgIpc) is 3.79. The molecule has 0 aliphatic heterocycles. The van der Waals surface area contributed by atoms with Gasteiger partial charge < -0.3 is 8.83 Å². The zero-order valence-corrected chi connectivity index (χ0v) is 27.7. The highest BCUT2D eigenvalue weighted by Crippen LogP contribution is 2.39. The second kappa shape index (κ2) is 11.2. The van der Waals surface area contributed by atoms with E-state index in [4.69, 9.17) is 23.8 Å². The lowest BCUT2D eigenvalue weighted by Crippen LogP contribution is -2.00. The van der Waals surface area contributed by atoms with E-state index in [9.17, 15) is 0 Å². The standard InChI is InChI=1S/C47H27N3O2/c1-2-9-28(10-3-1)31-19-23-37-42(27-31)52-40-16-8-14-38(44(37)40)47-49-45(33-18-17-29-11-4-5-12-30(29)25-33)48-46(50-47)34-20-22-35-32(26-34)21-24-41-43(35)36-13-6-7-15-39(36)51-41/h1-27H. The molecule has 0 atom stereocenters. The first-order valence-corrected chi connectivity index (χ1v) is 17.3. The van der Waals surface area contributed by atoms with Crippen molar-refractivity contribution in [2.45, 2.75) is 0 Å². The summed E-state index contributed by atoms with van der Waals surface area (Å²) >= 11 is 0. The number of fused-ring (bicyclic) bond motifs is 9. The summed E-state index contributed by atoms with van der Waals surface area (Å²) in [5.41, 5.74) is 8.33. The van der Waals surface area contributed by atoms with Gasteiger partial charge in [-0.25, -0.2) is 15.0 Å². The highest BCUT2D eigenvalue weighted by Gasteiger charge is 2.19. The topological polar surface area (TPSA) is 65.0 Å². The summed E-state index contributed by atoms with van der Waals surface area (Å²) in [6.45, 7) is 0. The van der Waals surface area contributed by atoms with Gasteiger partial charge >= 0.3 is 0 Å². The van der Waals surface area contributed by atoms with Crippen molar-refractivity contribution in [1.82, 2.24) is 15.0 Å². The summed E-state index contributed by atoms with van der Waals surface area (Å²) in [5.74, 6) is 1.80. The van der Waals surface area contributed by atoms with Gasteiger partial charge in [0.1, 0.15) is 22.3 Å². The minimum Gasteiger partial charge on any atom is -0.456 e. The van der Waals surface area contributed by atoms with Crippen molar-refractivity contribution in [2.24, 2.45) is 0 Å². The van der Waals surface area contributed by atoms with E-state index in [1.165, 1.54) is 0 Å². The van der Waals surface area contributed by atoms with Crippen LogP contribution in [0.15, 0.2) is 173 Å². The van der Waals surface area contributed by atoms with Gasteiger partial charge in [-0.2, -0.15) is 0 Å².